The number of anilines is 2. The van der Waals surface area contributed by atoms with Crippen LogP contribution in [0.3, 0.4) is 0 Å². The second-order valence-electron chi connectivity index (χ2n) is 8.47. The minimum absolute atomic E-state index is 0.0336. The van der Waals surface area contributed by atoms with Crippen molar-refractivity contribution in [3.63, 3.8) is 0 Å². The molecule has 1 N–H and O–H groups in total. The SMILES string of the molecule is Cc1nn(CC(=O)Nc2ccc(N3CCCCC3)c3nonc23)c2nccc(-c3cccs3)c12. The van der Waals surface area contributed by atoms with Gasteiger partial charge in [0.1, 0.15) is 6.54 Å². The normalized spacial score (nSPS) is 14.2. The van der Waals surface area contributed by atoms with Crippen molar-refractivity contribution in [1.29, 1.82) is 0 Å². The van der Waals surface area contributed by atoms with E-state index in [4.69, 9.17) is 4.63 Å². The fourth-order valence-corrected chi connectivity index (χ4v) is 5.46. The molecule has 0 atom stereocenters. The molecule has 0 bridgehead atoms. The maximum Gasteiger partial charge on any atom is 0.246 e. The van der Waals surface area contributed by atoms with Gasteiger partial charge in [0.2, 0.25) is 5.91 Å². The molecule has 5 heterocycles. The quantitative estimate of drug-likeness (QED) is 0.397. The number of fused-ring (bicyclic) bond motifs is 2. The number of amides is 1. The number of hydrogen-bond donors (Lipinski definition) is 1. The van der Waals surface area contributed by atoms with E-state index in [0.29, 0.717) is 22.4 Å². The number of piperidine rings is 1. The van der Waals surface area contributed by atoms with Gasteiger partial charge in [0.15, 0.2) is 16.7 Å². The Morgan fingerprint density at radius 3 is 2.79 bits per heavy atom. The van der Waals surface area contributed by atoms with E-state index < -0.39 is 0 Å². The molecular formula is C24H23N7O2S. The highest BCUT2D eigenvalue weighted by atomic mass is 32.1. The first-order chi connectivity index (χ1) is 16.7. The number of thiophene rings is 1. The standard InChI is InChI=1S/C24H23N7O2S/c1-15-21-16(19-6-5-13-34-19)9-10-25-24(21)31(27-15)14-20(32)26-17-7-8-18(23-22(17)28-33-29-23)30-11-3-2-4-12-30/h5-10,13H,2-4,11-12,14H2,1H3,(H,26,32). The van der Waals surface area contributed by atoms with E-state index >= 15 is 0 Å². The number of carbonyl (C=O) groups is 1. The fraction of sp³-hybridized carbons (Fsp3) is 0.292. The number of aryl methyl sites for hydroxylation is 1. The van der Waals surface area contributed by atoms with Crippen molar-refractivity contribution in [2.75, 3.05) is 23.3 Å². The molecule has 1 amide bonds. The lowest BCUT2D eigenvalue weighted by molar-refractivity contribution is -0.116. The smallest absolute Gasteiger partial charge is 0.246 e. The first kappa shape index (κ1) is 20.8. The predicted molar refractivity (Wildman–Crippen MR) is 132 cm³/mol. The van der Waals surface area contributed by atoms with Crippen molar-refractivity contribution in [2.24, 2.45) is 0 Å². The number of carbonyl (C=O) groups excluding carboxylic acids is 1. The minimum Gasteiger partial charge on any atom is -0.370 e. The molecule has 0 radical (unpaired) electrons. The Morgan fingerprint density at radius 1 is 1.12 bits per heavy atom. The summed E-state index contributed by atoms with van der Waals surface area (Å²) in [5.41, 5.74) is 5.39. The maximum absolute atomic E-state index is 13.0. The van der Waals surface area contributed by atoms with Crippen molar-refractivity contribution >= 4 is 50.7 Å². The summed E-state index contributed by atoms with van der Waals surface area (Å²) in [6.07, 6.45) is 5.32. The number of nitrogens with one attached hydrogen (secondary N) is 1. The summed E-state index contributed by atoms with van der Waals surface area (Å²) in [6, 6.07) is 9.94. The molecule has 1 aliphatic rings. The largest absolute Gasteiger partial charge is 0.370 e. The van der Waals surface area contributed by atoms with Crippen LogP contribution < -0.4 is 10.2 Å². The van der Waals surface area contributed by atoms with Crippen LogP contribution in [0.1, 0.15) is 25.0 Å². The van der Waals surface area contributed by atoms with E-state index in [1.54, 1.807) is 22.2 Å². The number of benzene rings is 1. The lowest BCUT2D eigenvalue weighted by Gasteiger charge is -2.28. The van der Waals surface area contributed by atoms with Crippen molar-refractivity contribution in [2.45, 2.75) is 32.7 Å². The molecular weight excluding hydrogens is 450 g/mol. The van der Waals surface area contributed by atoms with Gasteiger partial charge in [-0.3, -0.25) is 4.79 Å². The fourth-order valence-electron chi connectivity index (χ4n) is 4.70. The van der Waals surface area contributed by atoms with Gasteiger partial charge >= 0.3 is 0 Å². The van der Waals surface area contributed by atoms with Gasteiger partial charge in [-0.25, -0.2) is 14.3 Å². The third-order valence-electron chi connectivity index (χ3n) is 6.25. The zero-order valence-corrected chi connectivity index (χ0v) is 19.5. The van der Waals surface area contributed by atoms with Gasteiger partial charge in [0, 0.05) is 29.7 Å². The number of nitrogens with zero attached hydrogens (tertiary/aromatic N) is 6. The van der Waals surface area contributed by atoms with Crippen LogP contribution in [-0.4, -0.2) is 44.1 Å². The predicted octanol–water partition coefficient (Wildman–Crippen LogP) is 4.63. The molecule has 1 saturated heterocycles. The van der Waals surface area contributed by atoms with Crippen molar-refractivity contribution < 1.29 is 9.42 Å². The van der Waals surface area contributed by atoms with Gasteiger partial charge in [-0.1, -0.05) is 6.07 Å². The van der Waals surface area contributed by atoms with Crippen LogP contribution in [0.25, 0.3) is 32.5 Å². The third kappa shape index (κ3) is 3.60. The van der Waals surface area contributed by atoms with Crippen LogP contribution in [0, 0.1) is 6.92 Å². The van der Waals surface area contributed by atoms with Crippen LogP contribution in [0.5, 0.6) is 0 Å². The van der Waals surface area contributed by atoms with Gasteiger partial charge in [-0.15, -0.1) is 11.3 Å². The zero-order valence-electron chi connectivity index (χ0n) is 18.7. The van der Waals surface area contributed by atoms with Crippen molar-refractivity contribution in [3.8, 4) is 10.4 Å². The summed E-state index contributed by atoms with van der Waals surface area (Å²) in [7, 11) is 0. The van der Waals surface area contributed by atoms with E-state index in [1.807, 2.05) is 36.6 Å². The van der Waals surface area contributed by atoms with Crippen LogP contribution in [0.15, 0.2) is 46.5 Å². The number of aromatic nitrogens is 5. The van der Waals surface area contributed by atoms with Gasteiger partial charge in [0.25, 0.3) is 0 Å². The molecule has 172 valence electrons. The molecule has 1 fully saturated rings. The topological polar surface area (TPSA) is 102 Å². The Balaban J connectivity index is 1.28. The van der Waals surface area contributed by atoms with E-state index in [-0.39, 0.29) is 12.5 Å². The number of rotatable bonds is 5. The molecule has 0 spiro atoms. The highest BCUT2D eigenvalue weighted by molar-refractivity contribution is 7.13. The highest BCUT2D eigenvalue weighted by Crippen LogP contribution is 2.33. The summed E-state index contributed by atoms with van der Waals surface area (Å²) >= 11 is 1.67. The lowest BCUT2D eigenvalue weighted by Crippen LogP contribution is -2.29. The Morgan fingerprint density at radius 2 is 1.97 bits per heavy atom. The van der Waals surface area contributed by atoms with Gasteiger partial charge in [-0.2, -0.15) is 5.10 Å². The van der Waals surface area contributed by atoms with Gasteiger partial charge in [0.05, 0.1) is 22.5 Å². The molecule has 1 aromatic carbocycles. The average Bonchev–Trinajstić information content (AvgIpc) is 3.61. The summed E-state index contributed by atoms with van der Waals surface area (Å²) in [5.74, 6) is -0.220. The van der Waals surface area contributed by atoms with Crippen molar-refractivity contribution in [1.82, 2.24) is 25.1 Å². The number of hydrogen-bond acceptors (Lipinski definition) is 8. The lowest BCUT2D eigenvalue weighted by atomic mass is 10.1. The summed E-state index contributed by atoms with van der Waals surface area (Å²) < 4.78 is 6.69. The molecule has 10 heteroatoms. The Kier molecular flexibility index (Phi) is 5.21. The molecule has 4 aromatic heterocycles. The summed E-state index contributed by atoms with van der Waals surface area (Å²) in [5, 5.41) is 18.8. The van der Waals surface area contributed by atoms with E-state index in [1.165, 1.54) is 6.42 Å². The highest BCUT2D eigenvalue weighted by Gasteiger charge is 2.21. The first-order valence-corrected chi connectivity index (χ1v) is 12.2. The second-order valence-corrected chi connectivity index (χ2v) is 9.41. The maximum atomic E-state index is 13.0. The van der Waals surface area contributed by atoms with Crippen molar-refractivity contribution in [3.05, 3.63) is 47.6 Å². The van der Waals surface area contributed by atoms with Crippen LogP contribution in [0.4, 0.5) is 11.4 Å². The van der Waals surface area contributed by atoms with Crippen LogP contribution in [0.2, 0.25) is 0 Å². The minimum atomic E-state index is -0.220. The molecule has 34 heavy (non-hydrogen) atoms. The zero-order chi connectivity index (χ0) is 23.1. The second kappa shape index (κ2) is 8.53. The molecule has 0 saturated carbocycles. The monoisotopic (exact) mass is 473 g/mol. The Labute approximate surface area is 199 Å². The third-order valence-corrected chi connectivity index (χ3v) is 7.16. The molecule has 1 aliphatic heterocycles. The summed E-state index contributed by atoms with van der Waals surface area (Å²) in [4.78, 5) is 21.0. The average molecular weight is 474 g/mol. The van der Waals surface area contributed by atoms with E-state index in [9.17, 15) is 4.79 Å². The molecule has 5 aromatic rings. The van der Waals surface area contributed by atoms with Gasteiger partial charge in [-0.05, 0) is 66.1 Å². The molecule has 0 aliphatic carbocycles. The van der Waals surface area contributed by atoms with Crippen LogP contribution in [-0.2, 0) is 11.3 Å². The Bertz CT molecular complexity index is 1480. The number of pyridine rings is 1. The van der Waals surface area contributed by atoms with Crippen LogP contribution >= 0.6 is 11.3 Å². The summed E-state index contributed by atoms with van der Waals surface area (Å²) in [6.45, 7) is 3.95. The first-order valence-electron chi connectivity index (χ1n) is 11.3. The Hall–Kier alpha value is -3.79. The molecule has 6 rings (SSSR count). The molecule has 0 unspecified atom stereocenters. The van der Waals surface area contributed by atoms with Gasteiger partial charge < -0.3 is 10.2 Å². The molecule has 9 nitrogen and oxygen atoms in total. The van der Waals surface area contributed by atoms with E-state index in [0.717, 1.165) is 53.1 Å². The van der Waals surface area contributed by atoms with E-state index in [2.05, 4.69) is 36.7 Å².